The van der Waals surface area contributed by atoms with Crippen molar-refractivity contribution >= 4 is 11.5 Å². The molecular weight excluding hydrogens is 300 g/mol. The van der Waals surface area contributed by atoms with Crippen LogP contribution in [-0.2, 0) is 6.42 Å². The Balaban J connectivity index is 2.13. The molecule has 4 nitrogen and oxygen atoms in total. The van der Waals surface area contributed by atoms with E-state index >= 15 is 0 Å². The number of nitrogens with zero attached hydrogens (tertiary/aromatic N) is 3. The molecule has 0 aliphatic rings. The smallest absolute Gasteiger partial charge is 0.242 e. The third-order valence-corrected chi connectivity index (χ3v) is 3.19. The van der Waals surface area contributed by atoms with E-state index in [2.05, 4.69) is 10.1 Å². The summed E-state index contributed by atoms with van der Waals surface area (Å²) in [6.45, 7) is 0. The molecule has 0 amide bonds. The first-order valence-corrected chi connectivity index (χ1v) is 6.32. The van der Waals surface area contributed by atoms with E-state index in [1.807, 2.05) is 0 Å². The van der Waals surface area contributed by atoms with E-state index in [1.165, 1.54) is 18.3 Å². The fourth-order valence-corrected chi connectivity index (χ4v) is 2.23. The maximum absolute atomic E-state index is 14.2. The van der Waals surface area contributed by atoms with Gasteiger partial charge in [0.25, 0.3) is 0 Å². The zero-order valence-electron chi connectivity index (χ0n) is 11.1. The van der Waals surface area contributed by atoms with E-state index in [1.54, 1.807) is 0 Å². The average Bonchev–Trinajstić information content (AvgIpc) is 2.75. The number of nitrogens with two attached hydrogens (primary N) is 1. The largest absolute Gasteiger partial charge is 0.367 e. The van der Waals surface area contributed by atoms with Crippen LogP contribution in [0.25, 0.3) is 16.8 Å². The summed E-state index contributed by atoms with van der Waals surface area (Å²) in [7, 11) is 0. The lowest BCUT2D eigenvalue weighted by molar-refractivity contribution is 0.149. The van der Waals surface area contributed by atoms with Crippen LogP contribution in [0.1, 0.15) is 5.56 Å². The number of hydrogen-bond acceptors (Lipinski definition) is 3. The second-order valence-corrected chi connectivity index (χ2v) is 4.70. The summed E-state index contributed by atoms with van der Waals surface area (Å²) in [6, 6.07) is 4.77. The van der Waals surface area contributed by atoms with Crippen molar-refractivity contribution < 1.29 is 17.6 Å². The molecule has 2 aromatic heterocycles. The average molecular weight is 310 g/mol. The van der Waals surface area contributed by atoms with E-state index in [4.69, 9.17) is 5.73 Å². The van der Waals surface area contributed by atoms with Gasteiger partial charge in [-0.1, -0.05) is 6.07 Å². The van der Waals surface area contributed by atoms with E-state index in [9.17, 15) is 17.6 Å². The van der Waals surface area contributed by atoms with Crippen molar-refractivity contribution in [3.8, 4) is 11.3 Å². The van der Waals surface area contributed by atoms with Gasteiger partial charge < -0.3 is 5.73 Å². The Labute approximate surface area is 122 Å². The van der Waals surface area contributed by atoms with Crippen molar-refractivity contribution in [3.63, 3.8) is 0 Å². The molecule has 0 spiro atoms. The quantitative estimate of drug-likeness (QED) is 0.756. The highest BCUT2D eigenvalue weighted by atomic mass is 19.3. The van der Waals surface area contributed by atoms with Gasteiger partial charge in [-0.05, 0) is 17.7 Å². The van der Waals surface area contributed by atoms with Gasteiger partial charge in [0.1, 0.15) is 11.3 Å². The van der Waals surface area contributed by atoms with Crippen LogP contribution in [-0.4, -0.2) is 21.0 Å². The number of nitrogen functional groups attached to an aromatic ring is 1. The highest BCUT2D eigenvalue weighted by Crippen LogP contribution is 2.28. The predicted molar refractivity (Wildman–Crippen MR) is 72.5 cm³/mol. The van der Waals surface area contributed by atoms with Gasteiger partial charge in [-0.15, -0.1) is 5.10 Å². The molecule has 0 aliphatic heterocycles. The number of alkyl halides is 2. The minimum atomic E-state index is -2.57. The van der Waals surface area contributed by atoms with Crippen LogP contribution in [0.3, 0.4) is 0 Å². The lowest BCUT2D eigenvalue weighted by atomic mass is 10.1. The second kappa shape index (κ2) is 5.28. The zero-order chi connectivity index (χ0) is 15.9. The third-order valence-electron chi connectivity index (χ3n) is 3.19. The maximum atomic E-state index is 14.2. The molecule has 0 unspecified atom stereocenters. The topological polar surface area (TPSA) is 56.2 Å². The summed E-state index contributed by atoms with van der Waals surface area (Å²) in [5.74, 6) is -1.47. The van der Waals surface area contributed by atoms with E-state index in [0.29, 0.717) is 0 Å². The fraction of sp³-hybridized carbons (Fsp3) is 0.143. The number of halogens is 4. The van der Waals surface area contributed by atoms with Crippen molar-refractivity contribution in [2.75, 3.05) is 5.73 Å². The Morgan fingerprint density at radius 2 is 1.91 bits per heavy atom. The predicted octanol–water partition coefficient (Wildman–Crippen LogP) is 3.06. The Kier molecular flexibility index (Phi) is 3.44. The van der Waals surface area contributed by atoms with Gasteiger partial charge in [-0.25, -0.2) is 27.1 Å². The summed E-state index contributed by atoms with van der Waals surface area (Å²) in [4.78, 5) is 3.67. The highest BCUT2D eigenvalue weighted by Gasteiger charge is 2.16. The Hall–Kier alpha value is -2.64. The fourth-order valence-electron chi connectivity index (χ4n) is 2.23. The molecule has 0 bridgehead atoms. The highest BCUT2D eigenvalue weighted by molar-refractivity contribution is 5.68. The lowest BCUT2D eigenvalue weighted by Gasteiger charge is -2.06. The van der Waals surface area contributed by atoms with Gasteiger partial charge in [0.05, 0.1) is 11.9 Å². The van der Waals surface area contributed by atoms with Crippen LogP contribution < -0.4 is 5.73 Å². The molecule has 0 fully saturated rings. The number of anilines is 1. The lowest BCUT2D eigenvalue weighted by Crippen LogP contribution is -2.03. The molecular formula is C14H10F4N4. The summed E-state index contributed by atoms with van der Waals surface area (Å²) in [5.41, 5.74) is 5.82. The van der Waals surface area contributed by atoms with Crippen molar-refractivity contribution in [2.24, 2.45) is 0 Å². The van der Waals surface area contributed by atoms with Crippen LogP contribution in [0.4, 0.5) is 23.5 Å². The van der Waals surface area contributed by atoms with E-state index in [-0.39, 0.29) is 28.3 Å². The number of benzene rings is 1. The second-order valence-electron chi connectivity index (χ2n) is 4.70. The minimum Gasteiger partial charge on any atom is -0.367 e. The third kappa shape index (κ3) is 2.47. The van der Waals surface area contributed by atoms with Gasteiger partial charge in [0.2, 0.25) is 12.4 Å². The molecule has 114 valence electrons. The Morgan fingerprint density at radius 3 is 2.59 bits per heavy atom. The molecule has 0 aliphatic carbocycles. The van der Waals surface area contributed by atoms with Crippen molar-refractivity contribution in [1.29, 1.82) is 0 Å². The number of hydrogen-bond donors (Lipinski definition) is 1. The molecule has 0 saturated carbocycles. The van der Waals surface area contributed by atoms with Gasteiger partial charge in [-0.2, -0.15) is 0 Å². The van der Waals surface area contributed by atoms with Crippen LogP contribution in [0.15, 0.2) is 30.5 Å². The first kappa shape index (κ1) is 14.3. The normalized spacial score (nSPS) is 11.5. The molecule has 2 heterocycles. The van der Waals surface area contributed by atoms with Gasteiger partial charge in [0, 0.05) is 18.1 Å². The van der Waals surface area contributed by atoms with Crippen molar-refractivity contribution in [1.82, 2.24) is 14.6 Å². The summed E-state index contributed by atoms with van der Waals surface area (Å²) in [6.07, 6.45) is -1.93. The van der Waals surface area contributed by atoms with Crippen molar-refractivity contribution in [2.45, 2.75) is 12.8 Å². The van der Waals surface area contributed by atoms with Crippen LogP contribution in [0.2, 0.25) is 0 Å². The molecule has 0 atom stereocenters. The van der Waals surface area contributed by atoms with Crippen molar-refractivity contribution in [3.05, 3.63) is 47.7 Å². The molecule has 2 N–H and O–H groups in total. The van der Waals surface area contributed by atoms with Gasteiger partial charge >= 0.3 is 0 Å². The molecule has 22 heavy (non-hydrogen) atoms. The summed E-state index contributed by atoms with van der Waals surface area (Å²) < 4.78 is 53.8. The van der Waals surface area contributed by atoms with E-state index in [0.717, 1.165) is 16.6 Å². The number of fused-ring (bicyclic) bond motifs is 1. The maximum Gasteiger partial charge on any atom is 0.242 e. The number of aromatic nitrogens is 3. The first-order chi connectivity index (χ1) is 10.5. The molecule has 3 rings (SSSR count). The summed E-state index contributed by atoms with van der Waals surface area (Å²) >= 11 is 0. The molecule has 1 aromatic carbocycles. The Morgan fingerprint density at radius 1 is 1.14 bits per heavy atom. The van der Waals surface area contributed by atoms with E-state index < -0.39 is 24.5 Å². The Bertz CT molecular complexity index is 844. The molecule has 0 radical (unpaired) electrons. The first-order valence-electron chi connectivity index (χ1n) is 6.32. The van der Waals surface area contributed by atoms with Crippen LogP contribution in [0.5, 0.6) is 0 Å². The number of rotatable bonds is 3. The van der Waals surface area contributed by atoms with Crippen LogP contribution in [0, 0.1) is 11.6 Å². The molecule has 0 saturated heterocycles. The monoisotopic (exact) mass is 310 g/mol. The molecule has 3 aromatic rings. The SMILES string of the molecule is Nc1ncc2c(F)cc(-c3ccc(CC(F)F)cc3F)n2n1. The minimum absolute atomic E-state index is 0.0371. The van der Waals surface area contributed by atoms with Gasteiger partial charge in [0.15, 0.2) is 5.82 Å². The van der Waals surface area contributed by atoms with Crippen LogP contribution >= 0.6 is 0 Å². The van der Waals surface area contributed by atoms with Gasteiger partial charge in [-0.3, -0.25) is 0 Å². The molecule has 8 heteroatoms. The zero-order valence-corrected chi connectivity index (χ0v) is 11.1. The standard InChI is InChI=1S/C14H10F4N4/c15-9-3-7(4-13(17)18)1-2-8(9)11-5-10(16)12-6-20-14(19)21-22(11)12/h1-3,5-6,13H,4H2,(H2,19,21). The summed E-state index contributed by atoms with van der Waals surface area (Å²) in [5, 5.41) is 3.84.